The number of nitrogens with one attached hydrogen (secondary N) is 1. The summed E-state index contributed by atoms with van der Waals surface area (Å²) >= 11 is 0. The Kier molecular flexibility index (Phi) is 9.67. The van der Waals surface area contributed by atoms with Crippen LogP contribution in [0.2, 0.25) is 0 Å². The van der Waals surface area contributed by atoms with Crippen LogP contribution in [0.1, 0.15) is 48.7 Å². The van der Waals surface area contributed by atoms with Crippen LogP contribution >= 0.6 is 0 Å². The molecule has 1 heterocycles. The summed E-state index contributed by atoms with van der Waals surface area (Å²) in [5.41, 5.74) is 8.94. The molecule has 226 valence electrons. The number of sulfonamides is 1. The Hall–Kier alpha value is -4.48. The van der Waals surface area contributed by atoms with Crippen LogP contribution in [0.5, 0.6) is 11.6 Å². The number of hydrogen-bond donors (Lipinski definition) is 3. The molecule has 1 atom stereocenters. The summed E-state index contributed by atoms with van der Waals surface area (Å²) in [6.45, 7) is 8.59. The second-order valence-corrected chi connectivity index (χ2v) is 13.1. The highest BCUT2D eigenvalue weighted by Crippen LogP contribution is 2.35. The Balaban J connectivity index is 1.72. The van der Waals surface area contributed by atoms with Crippen molar-refractivity contribution in [2.24, 2.45) is 11.1 Å². The molecule has 4 rings (SSSR count). The normalized spacial score (nSPS) is 12.4. The number of ether oxygens (including phenoxy) is 2. The number of rotatable bonds is 12. The first-order chi connectivity index (χ1) is 20.3. The summed E-state index contributed by atoms with van der Waals surface area (Å²) in [4.78, 5) is 20.0. The predicted molar refractivity (Wildman–Crippen MR) is 165 cm³/mol. The molecular formula is C32H36N4O6S. The molecule has 10 nitrogen and oxygen atoms in total. The van der Waals surface area contributed by atoms with E-state index in [1.54, 1.807) is 6.07 Å². The second-order valence-electron chi connectivity index (χ2n) is 11.4. The lowest BCUT2D eigenvalue weighted by Gasteiger charge is -2.23. The van der Waals surface area contributed by atoms with E-state index in [4.69, 9.17) is 15.2 Å². The zero-order valence-corrected chi connectivity index (χ0v) is 25.4. The number of anilines is 1. The van der Waals surface area contributed by atoms with Gasteiger partial charge in [0, 0.05) is 17.7 Å². The Morgan fingerprint density at radius 1 is 0.977 bits per heavy atom. The summed E-state index contributed by atoms with van der Waals surface area (Å²) < 4.78 is 41.1. The van der Waals surface area contributed by atoms with Crippen molar-refractivity contribution in [3.05, 3.63) is 95.6 Å². The van der Waals surface area contributed by atoms with E-state index in [2.05, 4.69) is 35.5 Å². The number of nitrogens with two attached hydrogens (primary N) is 1. The fraction of sp³-hybridized carbons (Fsp3) is 0.281. The summed E-state index contributed by atoms with van der Waals surface area (Å²) in [6, 6.07) is 21.6. The molecule has 0 aliphatic rings. The van der Waals surface area contributed by atoms with Gasteiger partial charge in [-0.1, -0.05) is 69.3 Å². The van der Waals surface area contributed by atoms with Gasteiger partial charge in [-0.15, -0.1) is 0 Å². The van der Waals surface area contributed by atoms with E-state index in [0.717, 1.165) is 17.2 Å². The quantitative estimate of drug-likeness (QED) is 0.185. The molecule has 0 fully saturated rings. The smallest absolute Gasteiger partial charge is 0.335 e. The lowest BCUT2D eigenvalue weighted by Crippen LogP contribution is -2.32. The first kappa shape index (κ1) is 31.5. The van der Waals surface area contributed by atoms with Gasteiger partial charge in [-0.25, -0.2) is 22.9 Å². The maximum atomic E-state index is 13.3. The third kappa shape index (κ3) is 8.76. The molecule has 0 saturated heterocycles. The molecule has 0 amide bonds. The molecule has 3 aromatic carbocycles. The van der Waals surface area contributed by atoms with Crippen molar-refractivity contribution in [2.75, 3.05) is 11.3 Å². The zero-order valence-electron chi connectivity index (χ0n) is 24.6. The Labute approximate surface area is 252 Å². The number of hydrogen-bond acceptors (Lipinski definition) is 8. The summed E-state index contributed by atoms with van der Waals surface area (Å²) in [5, 5.41) is 9.33. The number of aromatic carboxylic acids is 1. The van der Waals surface area contributed by atoms with Crippen LogP contribution in [0, 0.1) is 12.3 Å². The molecule has 1 aromatic heterocycles. The first-order valence-corrected chi connectivity index (χ1v) is 15.2. The number of carboxylic acids is 1. The number of nitrogens with zero attached hydrogens (tertiary/aromatic N) is 2. The van der Waals surface area contributed by atoms with Gasteiger partial charge in [0.15, 0.2) is 0 Å². The van der Waals surface area contributed by atoms with Gasteiger partial charge in [-0.3, -0.25) is 0 Å². The molecule has 4 N–H and O–H groups in total. The lowest BCUT2D eigenvalue weighted by molar-refractivity contribution is 0.0696. The van der Waals surface area contributed by atoms with Crippen molar-refractivity contribution < 1.29 is 27.8 Å². The molecule has 0 spiro atoms. The van der Waals surface area contributed by atoms with E-state index < -0.39 is 16.0 Å². The fourth-order valence-corrected chi connectivity index (χ4v) is 5.50. The fourth-order valence-electron chi connectivity index (χ4n) is 4.51. The highest BCUT2D eigenvalue weighted by atomic mass is 32.2. The van der Waals surface area contributed by atoms with Gasteiger partial charge in [0.2, 0.25) is 11.8 Å². The highest BCUT2D eigenvalue weighted by molar-refractivity contribution is 7.92. The molecule has 0 unspecified atom stereocenters. The highest BCUT2D eigenvalue weighted by Gasteiger charge is 2.22. The van der Waals surface area contributed by atoms with E-state index in [0.29, 0.717) is 30.0 Å². The second kappa shape index (κ2) is 13.2. The molecule has 0 radical (unpaired) electrons. The monoisotopic (exact) mass is 604 g/mol. The van der Waals surface area contributed by atoms with Crippen molar-refractivity contribution in [3.63, 3.8) is 0 Å². The predicted octanol–water partition coefficient (Wildman–Crippen LogP) is 5.67. The SMILES string of the molecule is Cc1cccc(OCc2ccccc2)c1-c1cc(OC[C@H](N)CC(C)(C)C)nc(NS(=O)(=O)c2cccc(C(=O)O)c2)n1. The lowest BCUT2D eigenvalue weighted by atomic mass is 9.89. The largest absolute Gasteiger partial charge is 0.488 e. The summed E-state index contributed by atoms with van der Waals surface area (Å²) in [7, 11) is -4.26. The van der Waals surface area contributed by atoms with Crippen LogP contribution in [0.3, 0.4) is 0 Å². The van der Waals surface area contributed by atoms with Crippen LogP contribution in [0.4, 0.5) is 5.95 Å². The number of aryl methyl sites for hydroxylation is 1. The van der Waals surface area contributed by atoms with Gasteiger partial charge in [0.05, 0.1) is 16.2 Å². The molecule has 11 heteroatoms. The van der Waals surface area contributed by atoms with E-state index in [9.17, 15) is 18.3 Å². The Bertz CT molecular complexity index is 1690. The van der Waals surface area contributed by atoms with Crippen LogP contribution in [-0.4, -0.2) is 42.1 Å². The van der Waals surface area contributed by atoms with Crippen molar-refractivity contribution in [3.8, 4) is 22.9 Å². The zero-order chi connectivity index (χ0) is 31.2. The topological polar surface area (TPSA) is 154 Å². The standard InChI is InChI=1S/C32H36N4O6S/c1-21-10-8-15-27(41-19-22-11-6-5-7-12-22)29(21)26-17-28(42-20-24(33)18-32(2,3)4)35-31(34-26)36-43(39,40)25-14-9-13-23(16-25)30(37)38/h5-17,24H,18-20,33H2,1-4H3,(H,37,38)(H,34,35,36)/t24-/m1/s1. The molecule has 0 saturated carbocycles. The summed E-state index contributed by atoms with van der Waals surface area (Å²) in [5.74, 6) is -0.848. The Morgan fingerprint density at radius 3 is 2.40 bits per heavy atom. The average molecular weight is 605 g/mol. The van der Waals surface area contributed by atoms with E-state index in [1.807, 2.05) is 55.5 Å². The van der Waals surface area contributed by atoms with E-state index in [-0.39, 0.29) is 40.4 Å². The van der Waals surface area contributed by atoms with Crippen LogP contribution in [-0.2, 0) is 16.6 Å². The minimum Gasteiger partial charge on any atom is -0.488 e. The molecular weight excluding hydrogens is 568 g/mol. The third-order valence-corrected chi connectivity index (χ3v) is 7.69. The maximum absolute atomic E-state index is 13.3. The van der Waals surface area contributed by atoms with Crippen molar-refractivity contribution in [2.45, 2.75) is 51.7 Å². The first-order valence-electron chi connectivity index (χ1n) is 13.7. The van der Waals surface area contributed by atoms with Gasteiger partial charge in [0.1, 0.15) is 19.0 Å². The van der Waals surface area contributed by atoms with Crippen molar-refractivity contribution in [1.29, 1.82) is 0 Å². The number of benzene rings is 3. The number of aromatic nitrogens is 2. The van der Waals surface area contributed by atoms with Gasteiger partial charge in [-0.05, 0) is 54.2 Å². The van der Waals surface area contributed by atoms with E-state index >= 15 is 0 Å². The molecule has 4 aromatic rings. The van der Waals surface area contributed by atoms with Crippen LogP contribution < -0.4 is 19.9 Å². The minimum absolute atomic E-state index is 0.0168. The molecule has 0 bridgehead atoms. The van der Waals surface area contributed by atoms with Crippen molar-refractivity contribution >= 4 is 21.9 Å². The number of carboxylic acid groups (broad SMARTS) is 1. The molecule has 0 aliphatic heterocycles. The average Bonchev–Trinajstić information content (AvgIpc) is 2.94. The van der Waals surface area contributed by atoms with Crippen molar-refractivity contribution in [1.82, 2.24) is 9.97 Å². The summed E-state index contributed by atoms with van der Waals surface area (Å²) in [6.07, 6.45) is 0.694. The van der Waals surface area contributed by atoms with Gasteiger partial charge >= 0.3 is 5.97 Å². The minimum atomic E-state index is -4.26. The third-order valence-electron chi connectivity index (χ3n) is 6.37. The van der Waals surface area contributed by atoms with Gasteiger partial charge in [-0.2, -0.15) is 4.98 Å². The van der Waals surface area contributed by atoms with Crippen LogP contribution in [0.15, 0.2) is 83.8 Å². The molecule has 0 aliphatic carbocycles. The van der Waals surface area contributed by atoms with Crippen LogP contribution in [0.25, 0.3) is 11.3 Å². The number of carbonyl (C=O) groups is 1. The van der Waals surface area contributed by atoms with Gasteiger partial charge < -0.3 is 20.3 Å². The van der Waals surface area contributed by atoms with E-state index in [1.165, 1.54) is 18.2 Å². The van der Waals surface area contributed by atoms with Gasteiger partial charge in [0.25, 0.3) is 10.0 Å². The maximum Gasteiger partial charge on any atom is 0.335 e. The Morgan fingerprint density at radius 2 is 1.70 bits per heavy atom. The molecule has 43 heavy (non-hydrogen) atoms.